The molecule has 0 unspecified atom stereocenters. The summed E-state index contributed by atoms with van der Waals surface area (Å²) in [5.41, 5.74) is 7.27. The van der Waals surface area contributed by atoms with Gasteiger partial charge in [-0.2, -0.15) is 0 Å². The number of hydrogen-bond acceptors (Lipinski definition) is 1. The first-order chi connectivity index (χ1) is 8.74. The quantitative estimate of drug-likeness (QED) is 0.747. The van der Waals surface area contributed by atoms with Crippen LogP contribution in [0, 0.1) is 13.8 Å². The van der Waals surface area contributed by atoms with E-state index in [0.717, 1.165) is 0 Å². The molecule has 3 heterocycles. The SMILES string of the molecule is Cc1cc(C)c2[nH]c3c(c2c1)[C@@H]1CCCN1CC3. The fourth-order valence-electron chi connectivity index (χ4n) is 3.98. The normalized spacial score (nSPS) is 23.3. The average molecular weight is 240 g/mol. The Balaban J connectivity index is 2.02. The number of hydrogen-bond donors (Lipinski definition) is 1. The number of nitrogens with zero attached hydrogens (tertiary/aromatic N) is 1. The largest absolute Gasteiger partial charge is 0.358 e. The average Bonchev–Trinajstić information content (AvgIpc) is 2.91. The zero-order chi connectivity index (χ0) is 12.3. The van der Waals surface area contributed by atoms with Crippen LogP contribution in [-0.2, 0) is 6.42 Å². The van der Waals surface area contributed by atoms with Crippen LogP contribution in [0.25, 0.3) is 10.9 Å². The highest BCUT2D eigenvalue weighted by molar-refractivity contribution is 5.88. The molecule has 1 fully saturated rings. The van der Waals surface area contributed by atoms with Crippen LogP contribution in [-0.4, -0.2) is 23.0 Å². The van der Waals surface area contributed by atoms with Gasteiger partial charge in [-0.05, 0) is 50.4 Å². The summed E-state index contributed by atoms with van der Waals surface area (Å²) >= 11 is 0. The van der Waals surface area contributed by atoms with Crippen LogP contribution < -0.4 is 0 Å². The Kier molecular flexibility index (Phi) is 2.13. The van der Waals surface area contributed by atoms with Crippen molar-refractivity contribution in [3.05, 3.63) is 34.5 Å². The Bertz CT molecular complexity index is 624. The maximum absolute atomic E-state index is 3.70. The van der Waals surface area contributed by atoms with E-state index in [-0.39, 0.29) is 0 Å². The van der Waals surface area contributed by atoms with Crippen molar-refractivity contribution in [1.82, 2.24) is 9.88 Å². The molecule has 2 aromatic rings. The van der Waals surface area contributed by atoms with E-state index in [2.05, 4.69) is 35.9 Å². The summed E-state index contributed by atoms with van der Waals surface area (Å²) in [5.74, 6) is 0. The number of aromatic amines is 1. The highest BCUT2D eigenvalue weighted by Crippen LogP contribution is 2.42. The lowest BCUT2D eigenvalue weighted by atomic mass is 9.94. The molecule has 0 spiro atoms. The second-order valence-electron chi connectivity index (χ2n) is 5.97. The van der Waals surface area contributed by atoms with Crippen LogP contribution >= 0.6 is 0 Å². The van der Waals surface area contributed by atoms with E-state index in [9.17, 15) is 0 Å². The number of nitrogens with one attached hydrogen (secondary N) is 1. The first-order valence-electron chi connectivity index (χ1n) is 7.10. The van der Waals surface area contributed by atoms with Crippen LogP contribution in [0.5, 0.6) is 0 Å². The maximum atomic E-state index is 3.70. The zero-order valence-corrected chi connectivity index (χ0v) is 11.2. The third kappa shape index (κ3) is 1.33. The lowest BCUT2D eigenvalue weighted by molar-refractivity contribution is 0.244. The minimum Gasteiger partial charge on any atom is -0.358 e. The number of aromatic nitrogens is 1. The van der Waals surface area contributed by atoms with Gasteiger partial charge in [0.15, 0.2) is 0 Å². The molecule has 2 nitrogen and oxygen atoms in total. The molecule has 2 aliphatic heterocycles. The zero-order valence-electron chi connectivity index (χ0n) is 11.2. The second-order valence-corrected chi connectivity index (χ2v) is 5.97. The summed E-state index contributed by atoms with van der Waals surface area (Å²) in [7, 11) is 0. The standard InChI is InChI=1S/C16H20N2/c1-10-8-11(2)16-12(9-10)15-13(17-16)5-7-18-6-3-4-14(15)18/h8-9,14,17H,3-7H2,1-2H3/t14-/m0/s1. The minimum atomic E-state index is 0.684. The van der Waals surface area contributed by atoms with Crippen LogP contribution in [0.15, 0.2) is 12.1 Å². The van der Waals surface area contributed by atoms with E-state index in [1.807, 2.05) is 0 Å². The maximum Gasteiger partial charge on any atom is 0.0489 e. The molecule has 0 aliphatic carbocycles. The van der Waals surface area contributed by atoms with Crippen molar-refractivity contribution in [2.75, 3.05) is 13.1 Å². The molecule has 1 aromatic carbocycles. The molecule has 0 saturated carbocycles. The Morgan fingerprint density at radius 3 is 3.00 bits per heavy atom. The van der Waals surface area contributed by atoms with Crippen molar-refractivity contribution in [3.63, 3.8) is 0 Å². The van der Waals surface area contributed by atoms with Gasteiger partial charge >= 0.3 is 0 Å². The van der Waals surface area contributed by atoms with E-state index < -0.39 is 0 Å². The summed E-state index contributed by atoms with van der Waals surface area (Å²) in [6.45, 7) is 6.97. The van der Waals surface area contributed by atoms with Crippen molar-refractivity contribution in [2.45, 2.75) is 39.2 Å². The third-order valence-electron chi connectivity index (χ3n) is 4.72. The second kappa shape index (κ2) is 3.61. The Morgan fingerprint density at radius 1 is 1.22 bits per heavy atom. The molecule has 0 radical (unpaired) electrons. The minimum absolute atomic E-state index is 0.684. The Morgan fingerprint density at radius 2 is 2.11 bits per heavy atom. The van der Waals surface area contributed by atoms with Crippen molar-refractivity contribution in [2.24, 2.45) is 0 Å². The fraction of sp³-hybridized carbons (Fsp3) is 0.500. The lowest BCUT2D eigenvalue weighted by Crippen LogP contribution is -2.30. The lowest BCUT2D eigenvalue weighted by Gasteiger charge is -2.29. The van der Waals surface area contributed by atoms with Crippen molar-refractivity contribution in [3.8, 4) is 0 Å². The summed E-state index contributed by atoms with van der Waals surface area (Å²) in [6, 6.07) is 5.35. The molecule has 1 aromatic heterocycles. The molecule has 1 saturated heterocycles. The van der Waals surface area contributed by atoms with Crippen molar-refractivity contribution < 1.29 is 0 Å². The molecular formula is C16H20N2. The highest BCUT2D eigenvalue weighted by atomic mass is 15.2. The first kappa shape index (κ1) is 10.6. The molecule has 2 heteroatoms. The molecule has 94 valence electrons. The monoisotopic (exact) mass is 240 g/mol. The topological polar surface area (TPSA) is 19.0 Å². The summed E-state index contributed by atoms with van der Waals surface area (Å²) in [6.07, 6.45) is 3.90. The molecule has 0 amide bonds. The van der Waals surface area contributed by atoms with E-state index in [1.54, 1.807) is 5.56 Å². The number of H-pyrrole nitrogens is 1. The fourth-order valence-corrected chi connectivity index (χ4v) is 3.98. The smallest absolute Gasteiger partial charge is 0.0489 e. The van der Waals surface area contributed by atoms with Gasteiger partial charge < -0.3 is 4.98 Å². The van der Waals surface area contributed by atoms with Gasteiger partial charge in [-0.3, -0.25) is 4.90 Å². The van der Waals surface area contributed by atoms with Crippen molar-refractivity contribution in [1.29, 1.82) is 0 Å². The summed E-state index contributed by atoms with van der Waals surface area (Å²) in [4.78, 5) is 6.37. The van der Waals surface area contributed by atoms with Gasteiger partial charge in [0.2, 0.25) is 0 Å². The van der Waals surface area contributed by atoms with Gasteiger partial charge in [-0.15, -0.1) is 0 Å². The molecule has 18 heavy (non-hydrogen) atoms. The van der Waals surface area contributed by atoms with Gasteiger partial charge in [0.1, 0.15) is 0 Å². The summed E-state index contributed by atoms with van der Waals surface area (Å²) < 4.78 is 0. The third-order valence-corrected chi connectivity index (χ3v) is 4.72. The summed E-state index contributed by atoms with van der Waals surface area (Å²) in [5, 5.41) is 1.49. The number of rotatable bonds is 0. The highest BCUT2D eigenvalue weighted by Gasteiger charge is 2.33. The van der Waals surface area contributed by atoms with E-state index >= 15 is 0 Å². The molecule has 1 atom stereocenters. The van der Waals surface area contributed by atoms with Gasteiger partial charge in [0, 0.05) is 35.6 Å². The first-order valence-corrected chi connectivity index (χ1v) is 7.10. The van der Waals surface area contributed by atoms with E-state index in [0.29, 0.717) is 6.04 Å². The van der Waals surface area contributed by atoms with Crippen LogP contribution in [0.3, 0.4) is 0 Å². The van der Waals surface area contributed by atoms with Crippen LogP contribution in [0.4, 0.5) is 0 Å². The van der Waals surface area contributed by atoms with Gasteiger partial charge in [0.25, 0.3) is 0 Å². The van der Waals surface area contributed by atoms with Gasteiger partial charge in [0.05, 0.1) is 0 Å². The number of benzene rings is 1. The molecular weight excluding hydrogens is 220 g/mol. The van der Waals surface area contributed by atoms with E-state index in [1.165, 1.54) is 60.1 Å². The van der Waals surface area contributed by atoms with Crippen LogP contribution in [0.1, 0.15) is 41.3 Å². The Hall–Kier alpha value is -1.28. The number of fused-ring (bicyclic) bond motifs is 5. The molecule has 1 N–H and O–H groups in total. The molecule has 2 aliphatic rings. The predicted molar refractivity (Wildman–Crippen MR) is 75.0 cm³/mol. The predicted octanol–water partition coefficient (Wildman–Crippen LogP) is 3.48. The number of aryl methyl sites for hydroxylation is 2. The Labute approximate surface area is 108 Å². The molecule has 0 bridgehead atoms. The van der Waals surface area contributed by atoms with Gasteiger partial charge in [-0.1, -0.05) is 11.6 Å². The molecule has 4 rings (SSSR count). The van der Waals surface area contributed by atoms with Crippen molar-refractivity contribution >= 4 is 10.9 Å². The van der Waals surface area contributed by atoms with Gasteiger partial charge in [-0.25, -0.2) is 0 Å². The van der Waals surface area contributed by atoms with Crippen LogP contribution in [0.2, 0.25) is 0 Å². The van der Waals surface area contributed by atoms with E-state index in [4.69, 9.17) is 0 Å².